The van der Waals surface area contributed by atoms with E-state index in [2.05, 4.69) is 20.7 Å². The molecule has 0 aliphatic heterocycles. The van der Waals surface area contributed by atoms with Crippen molar-refractivity contribution in [1.82, 2.24) is 14.6 Å². The van der Waals surface area contributed by atoms with Crippen LogP contribution in [0.3, 0.4) is 0 Å². The maximum absolute atomic E-state index is 13.1. The highest BCUT2D eigenvalue weighted by atomic mass is 35.5. The molecule has 6 nitrogen and oxygen atoms in total. The molecule has 0 bridgehead atoms. The zero-order valence-corrected chi connectivity index (χ0v) is 14.7. The average Bonchev–Trinajstić information content (AvgIpc) is 3.18. The third-order valence-electron chi connectivity index (χ3n) is 3.55. The number of carbonyl (C=O) groups excluding carboxylic acids is 1. The molecule has 0 saturated carbocycles. The number of fused-ring (bicyclic) bond motifs is 1. The lowest BCUT2D eigenvalue weighted by Crippen LogP contribution is -2.20. The summed E-state index contributed by atoms with van der Waals surface area (Å²) in [6, 6.07) is 12.4. The maximum Gasteiger partial charge on any atom is 0.326 e. The molecule has 2 aromatic carbocycles. The van der Waals surface area contributed by atoms with Gasteiger partial charge in [-0.25, -0.2) is 13.7 Å². The van der Waals surface area contributed by atoms with E-state index in [0.717, 1.165) is 11.3 Å². The van der Waals surface area contributed by atoms with E-state index in [1.807, 2.05) is 5.38 Å². The second-order valence-corrected chi connectivity index (χ2v) is 6.62. The largest absolute Gasteiger partial charge is 0.326 e. The first kappa shape index (κ1) is 16.5. The van der Waals surface area contributed by atoms with Gasteiger partial charge in [0.05, 0.1) is 5.69 Å². The van der Waals surface area contributed by atoms with E-state index >= 15 is 0 Å². The van der Waals surface area contributed by atoms with Gasteiger partial charge in [0.15, 0.2) is 0 Å². The molecule has 0 spiro atoms. The predicted octanol–water partition coefficient (Wildman–Crippen LogP) is 4.89. The molecule has 26 heavy (non-hydrogen) atoms. The number of rotatable bonds is 3. The average molecular weight is 388 g/mol. The van der Waals surface area contributed by atoms with Gasteiger partial charge in [-0.3, -0.25) is 5.32 Å². The third-order valence-corrected chi connectivity index (χ3v) is 4.62. The van der Waals surface area contributed by atoms with Gasteiger partial charge in [-0.05, 0) is 48.5 Å². The van der Waals surface area contributed by atoms with Crippen LogP contribution in [0.1, 0.15) is 0 Å². The zero-order chi connectivity index (χ0) is 18.1. The van der Waals surface area contributed by atoms with Gasteiger partial charge in [-0.15, -0.1) is 16.4 Å². The SMILES string of the molecule is O=C(Nc1ccc(Cl)cc1)Nc1nc2scc(-c3ccc(F)cc3)n2n1. The van der Waals surface area contributed by atoms with Crippen molar-refractivity contribution in [2.24, 2.45) is 0 Å². The highest BCUT2D eigenvalue weighted by Gasteiger charge is 2.13. The fourth-order valence-corrected chi connectivity index (χ4v) is 3.31. The molecule has 2 N–H and O–H groups in total. The Morgan fingerprint density at radius 1 is 1.08 bits per heavy atom. The van der Waals surface area contributed by atoms with E-state index in [-0.39, 0.29) is 11.8 Å². The number of urea groups is 1. The Balaban J connectivity index is 1.53. The van der Waals surface area contributed by atoms with Crippen molar-refractivity contribution in [2.45, 2.75) is 0 Å². The molecule has 9 heteroatoms. The molecule has 0 unspecified atom stereocenters. The minimum atomic E-state index is -0.464. The van der Waals surface area contributed by atoms with Crippen molar-refractivity contribution in [3.8, 4) is 11.3 Å². The first-order chi connectivity index (χ1) is 12.6. The summed E-state index contributed by atoms with van der Waals surface area (Å²) in [5.41, 5.74) is 2.17. The topological polar surface area (TPSA) is 71.3 Å². The van der Waals surface area contributed by atoms with Gasteiger partial charge in [0, 0.05) is 21.7 Å². The molecule has 4 aromatic rings. The smallest absolute Gasteiger partial charge is 0.308 e. The number of hydrogen-bond acceptors (Lipinski definition) is 4. The Labute approximate surface area is 156 Å². The van der Waals surface area contributed by atoms with Crippen LogP contribution in [0, 0.1) is 5.82 Å². The normalized spacial score (nSPS) is 10.8. The van der Waals surface area contributed by atoms with E-state index in [4.69, 9.17) is 11.6 Å². The third kappa shape index (κ3) is 3.37. The molecule has 2 heterocycles. The molecule has 0 radical (unpaired) electrons. The van der Waals surface area contributed by atoms with Gasteiger partial charge in [0.25, 0.3) is 5.95 Å². The first-order valence-electron chi connectivity index (χ1n) is 7.52. The highest BCUT2D eigenvalue weighted by Crippen LogP contribution is 2.26. The van der Waals surface area contributed by atoms with Gasteiger partial charge >= 0.3 is 6.03 Å². The molecule has 0 aliphatic rings. The van der Waals surface area contributed by atoms with E-state index in [1.54, 1.807) is 40.9 Å². The van der Waals surface area contributed by atoms with Gasteiger partial charge < -0.3 is 5.32 Å². The van der Waals surface area contributed by atoms with Crippen LogP contribution in [-0.2, 0) is 0 Å². The standard InChI is InChI=1S/C17H11ClFN5OS/c18-11-3-7-13(8-4-11)20-16(25)21-15-22-17-24(23-15)14(9-26-17)10-1-5-12(19)6-2-10/h1-9H,(H2,20,21,23,25). The van der Waals surface area contributed by atoms with E-state index in [1.165, 1.54) is 23.5 Å². The van der Waals surface area contributed by atoms with Crippen LogP contribution in [0.15, 0.2) is 53.9 Å². The van der Waals surface area contributed by atoms with E-state index in [0.29, 0.717) is 15.7 Å². The molecular weight excluding hydrogens is 377 g/mol. The van der Waals surface area contributed by atoms with Crippen LogP contribution < -0.4 is 10.6 Å². The number of aromatic nitrogens is 3. The van der Waals surface area contributed by atoms with Crippen molar-refractivity contribution in [2.75, 3.05) is 10.6 Å². The highest BCUT2D eigenvalue weighted by molar-refractivity contribution is 7.15. The molecule has 2 aromatic heterocycles. The number of hydrogen-bond donors (Lipinski definition) is 2. The maximum atomic E-state index is 13.1. The first-order valence-corrected chi connectivity index (χ1v) is 8.78. The number of carbonyl (C=O) groups is 1. The lowest BCUT2D eigenvalue weighted by molar-refractivity contribution is 0.262. The molecule has 4 rings (SSSR count). The second kappa shape index (κ2) is 6.74. The molecular formula is C17H11ClFN5OS. The number of nitrogens with one attached hydrogen (secondary N) is 2. The predicted molar refractivity (Wildman–Crippen MR) is 100 cm³/mol. The number of amides is 2. The van der Waals surface area contributed by atoms with E-state index in [9.17, 15) is 9.18 Å². The minimum Gasteiger partial charge on any atom is -0.308 e. The molecule has 0 fully saturated rings. The molecule has 0 aliphatic carbocycles. The summed E-state index contributed by atoms with van der Waals surface area (Å²) < 4.78 is 14.7. The van der Waals surface area contributed by atoms with Crippen LogP contribution in [0.4, 0.5) is 20.8 Å². The minimum absolute atomic E-state index is 0.173. The summed E-state index contributed by atoms with van der Waals surface area (Å²) >= 11 is 7.19. The summed E-state index contributed by atoms with van der Waals surface area (Å²) in [7, 11) is 0. The number of nitrogens with zero attached hydrogens (tertiary/aromatic N) is 3. The Morgan fingerprint density at radius 2 is 1.81 bits per heavy atom. The van der Waals surface area contributed by atoms with Crippen molar-refractivity contribution < 1.29 is 9.18 Å². The Morgan fingerprint density at radius 3 is 2.54 bits per heavy atom. The van der Waals surface area contributed by atoms with Gasteiger partial charge in [-0.2, -0.15) is 4.98 Å². The Kier molecular flexibility index (Phi) is 4.27. The lowest BCUT2D eigenvalue weighted by Gasteiger charge is -2.04. The summed E-state index contributed by atoms with van der Waals surface area (Å²) in [5.74, 6) is -0.133. The van der Waals surface area contributed by atoms with Gasteiger partial charge in [-0.1, -0.05) is 11.6 Å². The Bertz CT molecular complexity index is 1070. The second-order valence-electron chi connectivity index (χ2n) is 5.34. The van der Waals surface area contributed by atoms with Gasteiger partial charge in [0.1, 0.15) is 5.82 Å². The van der Waals surface area contributed by atoms with Crippen LogP contribution in [0.25, 0.3) is 16.2 Å². The Hall–Kier alpha value is -2.97. The number of halogens is 2. The van der Waals surface area contributed by atoms with Crippen LogP contribution >= 0.6 is 22.9 Å². The van der Waals surface area contributed by atoms with Crippen LogP contribution in [0.2, 0.25) is 5.02 Å². The van der Waals surface area contributed by atoms with Gasteiger partial charge in [0.2, 0.25) is 4.96 Å². The van der Waals surface area contributed by atoms with Crippen molar-refractivity contribution in [3.63, 3.8) is 0 Å². The van der Waals surface area contributed by atoms with Crippen molar-refractivity contribution in [3.05, 3.63) is 64.8 Å². The van der Waals surface area contributed by atoms with E-state index < -0.39 is 6.03 Å². The molecule has 0 atom stereocenters. The fraction of sp³-hybridized carbons (Fsp3) is 0. The molecule has 2 amide bonds. The van der Waals surface area contributed by atoms with Crippen molar-refractivity contribution >= 4 is 45.6 Å². The quantitative estimate of drug-likeness (QED) is 0.525. The summed E-state index contributed by atoms with van der Waals surface area (Å²) in [5, 5.41) is 12.0. The lowest BCUT2D eigenvalue weighted by atomic mass is 10.2. The van der Waals surface area contributed by atoms with Crippen LogP contribution in [0.5, 0.6) is 0 Å². The summed E-state index contributed by atoms with van der Waals surface area (Å²) in [4.78, 5) is 17.0. The van der Waals surface area contributed by atoms with Crippen LogP contribution in [-0.4, -0.2) is 20.6 Å². The summed E-state index contributed by atoms with van der Waals surface area (Å²) in [6.07, 6.45) is 0. The number of thiazole rings is 1. The fourth-order valence-electron chi connectivity index (χ4n) is 2.35. The molecule has 130 valence electrons. The van der Waals surface area contributed by atoms with Crippen molar-refractivity contribution in [1.29, 1.82) is 0 Å². The number of benzene rings is 2. The molecule has 0 saturated heterocycles. The summed E-state index contributed by atoms with van der Waals surface area (Å²) in [6.45, 7) is 0. The zero-order valence-electron chi connectivity index (χ0n) is 13.1. The monoisotopic (exact) mass is 387 g/mol. The number of anilines is 2.